The highest BCUT2D eigenvalue weighted by Crippen LogP contribution is 2.02. The van der Waals surface area contributed by atoms with E-state index in [2.05, 4.69) is 17.1 Å². The monoisotopic (exact) mass is 188 g/mol. The van der Waals surface area contributed by atoms with Crippen molar-refractivity contribution in [3.8, 4) is 0 Å². The lowest BCUT2D eigenvalue weighted by molar-refractivity contribution is 0.376. The summed E-state index contributed by atoms with van der Waals surface area (Å²) in [6.07, 6.45) is 3.84. The van der Waals surface area contributed by atoms with E-state index in [-0.39, 0.29) is 0 Å². The number of nitrogens with zero attached hydrogens (tertiary/aromatic N) is 2. The van der Waals surface area contributed by atoms with Crippen LogP contribution in [-0.2, 0) is 12.8 Å². The molecule has 3 nitrogen and oxygen atoms in total. The van der Waals surface area contributed by atoms with Crippen molar-refractivity contribution in [3.05, 3.63) is 11.7 Å². The minimum Gasteiger partial charge on any atom is -0.339 e. The molecule has 0 aliphatic rings. The summed E-state index contributed by atoms with van der Waals surface area (Å²) < 4.78 is 4.96. The van der Waals surface area contributed by atoms with Gasteiger partial charge in [-0.1, -0.05) is 18.5 Å². The maximum atomic E-state index is 5.52. The SMILES string of the molecule is CCCCc1noc(CCCl)n1. The third-order valence-corrected chi connectivity index (χ3v) is 1.76. The molecule has 1 rings (SSSR count). The van der Waals surface area contributed by atoms with Crippen LogP contribution in [0.25, 0.3) is 0 Å². The van der Waals surface area contributed by atoms with E-state index >= 15 is 0 Å². The van der Waals surface area contributed by atoms with Crippen LogP contribution in [0.15, 0.2) is 4.52 Å². The number of hydrogen-bond donors (Lipinski definition) is 0. The first-order valence-corrected chi connectivity index (χ1v) is 4.77. The van der Waals surface area contributed by atoms with Gasteiger partial charge in [0.1, 0.15) is 0 Å². The summed E-state index contributed by atoms with van der Waals surface area (Å²) in [5.74, 6) is 1.99. The van der Waals surface area contributed by atoms with Crippen LogP contribution in [0.3, 0.4) is 0 Å². The van der Waals surface area contributed by atoms with E-state index in [1.54, 1.807) is 0 Å². The summed E-state index contributed by atoms with van der Waals surface area (Å²) in [5.41, 5.74) is 0. The molecule has 0 amide bonds. The van der Waals surface area contributed by atoms with Crippen molar-refractivity contribution in [2.45, 2.75) is 32.6 Å². The second-order valence-corrected chi connectivity index (χ2v) is 3.02. The number of rotatable bonds is 5. The average molecular weight is 189 g/mol. The molecule has 4 heteroatoms. The van der Waals surface area contributed by atoms with Crippen molar-refractivity contribution < 1.29 is 4.52 Å². The van der Waals surface area contributed by atoms with Gasteiger partial charge < -0.3 is 4.52 Å². The molecule has 68 valence electrons. The summed E-state index contributed by atoms with van der Waals surface area (Å²) in [5, 5.41) is 3.83. The number of alkyl halides is 1. The Hall–Kier alpha value is -0.570. The average Bonchev–Trinajstić information content (AvgIpc) is 2.50. The van der Waals surface area contributed by atoms with Crippen molar-refractivity contribution in [1.82, 2.24) is 10.1 Å². The normalized spacial score (nSPS) is 10.5. The van der Waals surface area contributed by atoms with Gasteiger partial charge in [0.2, 0.25) is 5.89 Å². The van der Waals surface area contributed by atoms with Crippen LogP contribution in [0.4, 0.5) is 0 Å². The van der Waals surface area contributed by atoms with E-state index in [0.717, 1.165) is 25.1 Å². The predicted octanol–water partition coefficient (Wildman–Crippen LogP) is 2.19. The molecule has 12 heavy (non-hydrogen) atoms. The van der Waals surface area contributed by atoms with Crippen molar-refractivity contribution in [3.63, 3.8) is 0 Å². The first kappa shape index (κ1) is 9.52. The van der Waals surface area contributed by atoms with Crippen LogP contribution >= 0.6 is 11.6 Å². The first-order chi connectivity index (χ1) is 5.86. The smallest absolute Gasteiger partial charge is 0.227 e. The Morgan fingerprint density at radius 1 is 1.42 bits per heavy atom. The second-order valence-electron chi connectivity index (χ2n) is 2.65. The summed E-state index contributed by atoms with van der Waals surface area (Å²) >= 11 is 5.52. The molecule has 0 unspecified atom stereocenters. The van der Waals surface area contributed by atoms with Gasteiger partial charge in [-0.3, -0.25) is 0 Å². The van der Waals surface area contributed by atoms with E-state index in [0.29, 0.717) is 18.2 Å². The molecule has 0 radical (unpaired) electrons. The highest BCUT2D eigenvalue weighted by Gasteiger charge is 2.03. The van der Waals surface area contributed by atoms with Crippen LogP contribution in [0.1, 0.15) is 31.5 Å². The van der Waals surface area contributed by atoms with E-state index < -0.39 is 0 Å². The Morgan fingerprint density at radius 3 is 2.92 bits per heavy atom. The molecule has 0 atom stereocenters. The molecule has 0 aliphatic heterocycles. The lowest BCUT2D eigenvalue weighted by Gasteiger charge is -1.87. The molecule has 0 saturated carbocycles. The lowest BCUT2D eigenvalue weighted by atomic mass is 10.2. The third-order valence-electron chi connectivity index (χ3n) is 1.57. The van der Waals surface area contributed by atoms with Crippen LogP contribution in [0, 0.1) is 0 Å². The van der Waals surface area contributed by atoms with Gasteiger partial charge in [-0.15, -0.1) is 11.6 Å². The largest absolute Gasteiger partial charge is 0.339 e. The van der Waals surface area contributed by atoms with E-state index in [1.807, 2.05) is 0 Å². The van der Waals surface area contributed by atoms with Gasteiger partial charge in [-0.2, -0.15) is 4.98 Å². The number of halogens is 1. The number of aryl methyl sites for hydroxylation is 2. The van der Waals surface area contributed by atoms with Gasteiger partial charge in [0.05, 0.1) is 0 Å². The molecule has 0 saturated heterocycles. The molecular weight excluding hydrogens is 176 g/mol. The van der Waals surface area contributed by atoms with Crippen molar-refractivity contribution in [2.24, 2.45) is 0 Å². The Balaban J connectivity index is 2.41. The number of hydrogen-bond acceptors (Lipinski definition) is 3. The molecule has 0 fully saturated rings. The molecule has 1 aromatic heterocycles. The van der Waals surface area contributed by atoms with Gasteiger partial charge in [0.25, 0.3) is 0 Å². The Labute approximate surface area is 77.1 Å². The van der Waals surface area contributed by atoms with Crippen LogP contribution in [0.2, 0.25) is 0 Å². The first-order valence-electron chi connectivity index (χ1n) is 4.24. The van der Waals surface area contributed by atoms with Crippen LogP contribution in [-0.4, -0.2) is 16.0 Å². The van der Waals surface area contributed by atoms with Crippen LogP contribution in [0.5, 0.6) is 0 Å². The minimum absolute atomic E-state index is 0.537. The molecule has 0 spiro atoms. The summed E-state index contributed by atoms with van der Waals surface area (Å²) in [7, 11) is 0. The van der Waals surface area contributed by atoms with Gasteiger partial charge in [-0.25, -0.2) is 0 Å². The molecule has 0 aliphatic carbocycles. The van der Waals surface area contributed by atoms with Crippen molar-refractivity contribution in [2.75, 3.05) is 5.88 Å². The Morgan fingerprint density at radius 2 is 2.25 bits per heavy atom. The number of unbranched alkanes of at least 4 members (excludes halogenated alkanes) is 1. The van der Waals surface area contributed by atoms with Crippen molar-refractivity contribution in [1.29, 1.82) is 0 Å². The van der Waals surface area contributed by atoms with E-state index in [9.17, 15) is 0 Å². The zero-order chi connectivity index (χ0) is 8.81. The molecule has 0 bridgehead atoms. The predicted molar refractivity (Wildman–Crippen MR) is 47.3 cm³/mol. The third kappa shape index (κ3) is 2.81. The Kier molecular flexibility index (Phi) is 4.08. The van der Waals surface area contributed by atoms with Gasteiger partial charge in [-0.05, 0) is 6.42 Å². The molecule has 1 heterocycles. The topological polar surface area (TPSA) is 38.9 Å². The molecule has 0 N–H and O–H groups in total. The fourth-order valence-electron chi connectivity index (χ4n) is 0.909. The van der Waals surface area contributed by atoms with Crippen LogP contribution < -0.4 is 0 Å². The summed E-state index contributed by atoms with van der Waals surface area (Å²) in [4.78, 5) is 4.18. The molecule has 0 aromatic carbocycles. The highest BCUT2D eigenvalue weighted by atomic mass is 35.5. The van der Waals surface area contributed by atoms with E-state index in [4.69, 9.17) is 16.1 Å². The zero-order valence-corrected chi connectivity index (χ0v) is 7.97. The lowest BCUT2D eigenvalue weighted by Crippen LogP contribution is -1.89. The summed E-state index contributed by atoms with van der Waals surface area (Å²) in [6, 6.07) is 0. The van der Waals surface area contributed by atoms with E-state index in [1.165, 1.54) is 0 Å². The Bertz CT molecular complexity index is 225. The second kappa shape index (κ2) is 5.14. The maximum absolute atomic E-state index is 5.52. The number of aromatic nitrogens is 2. The molecular formula is C8H13ClN2O. The van der Waals surface area contributed by atoms with Crippen molar-refractivity contribution >= 4 is 11.6 Å². The summed E-state index contributed by atoms with van der Waals surface area (Å²) in [6.45, 7) is 2.14. The minimum atomic E-state index is 0.537. The van der Waals surface area contributed by atoms with Gasteiger partial charge >= 0.3 is 0 Å². The standard InChI is InChI=1S/C8H13ClN2O/c1-2-3-4-7-10-8(5-6-9)12-11-7/h2-6H2,1H3. The van der Waals surface area contributed by atoms with Gasteiger partial charge in [0, 0.05) is 18.7 Å². The molecule has 1 aromatic rings. The zero-order valence-electron chi connectivity index (χ0n) is 7.22. The highest BCUT2D eigenvalue weighted by molar-refractivity contribution is 6.17. The maximum Gasteiger partial charge on any atom is 0.227 e. The fraction of sp³-hybridized carbons (Fsp3) is 0.750. The fourth-order valence-corrected chi connectivity index (χ4v) is 1.07. The van der Waals surface area contributed by atoms with Gasteiger partial charge in [0.15, 0.2) is 5.82 Å². The quantitative estimate of drug-likeness (QED) is 0.665.